The van der Waals surface area contributed by atoms with Crippen LogP contribution in [-0.2, 0) is 5.75 Å². The molecular formula is C14H15BrN2O2S2. The number of carboxylic acid groups (broad SMARTS) is 1. The number of thioether (sulfide) groups is 1. The largest absolute Gasteiger partial charge is 0.478 e. The zero-order chi connectivity index (χ0) is 15.6. The van der Waals surface area contributed by atoms with Gasteiger partial charge < -0.3 is 5.11 Å². The van der Waals surface area contributed by atoms with E-state index in [2.05, 4.69) is 25.9 Å². The first-order valence-corrected chi connectivity index (χ1v) is 9.01. The van der Waals surface area contributed by atoms with Crippen LogP contribution in [0.2, 0.25) is 0 Å². The summed E-state index contributed by atoms with van der Waals surface area (Å²) < 4.78 is 1.04. The maximum atomic E-state index is 11.4. The molecule has 0 unspecified atom stereocenters. The van der Waals surface area contributed by atoms with Crippen LogP contribution in [-0.4, -0.2) is 21.0 Å². The van der Waals surface area contributed by atoms with Crippen LogP contribution in [0.25, 0.3) is 0 Å². The molecule has 0 aliphatic carbocycles. The molecule has 7 heteroatoms. The Morgan fingerprint density at radius 1 is 1.48 bits per heavy atom. The van der Waals surface area contributed by atoms with Gasteiger partial charge in [0, 0.05) is 26.4 Å². The molecule has 21 heavy (non-hydrogen) atoms. The van der Waals surface area contributed by atoms with Gasteiger partial charge in [0.15, 0.2) is 0 Å². The van der Waals surface area contributed by atoms with Gasteiger partial charge in [0.05, 0.1) is 5.69 Å². The number of aromatic carboxylic acids is 1. The first kappa shape index (κ1) is 16.5. The normalized spacial score (nSPS) is 11.1. The van der Waals surface area contributed by atoms with Crippen molar-refractivity contribution in [2.75, 3.05) is 0 Å². The summed E-state index contributed by atoms with van der Waals surface area (Å²) in [6, 6.07) is 2.04. The molecule has 112 valence electrons. The molecular weight excluding hydrogens is 372 g/mol. The highest BCUT2D eigenvalue weighted by Gasteiger charge is 2.19. The Morgan fingerprint density at radius 2 is 2.19 bits per heavy atom. The summed E-state index contributed by atoms with van der Waals surface area (Å²) in [7, 11) is 0. The molecule has 0 radical (unpaired) electrons. The minimum atomic E-state index is -0.974. The minimum Gasteiger partial charge on any atom is -0.478 e. The van der Waals surface area contributed by atoms with Crippen LogP contribution < -0.4 is 0 Å². The third-order valence-corrected chi connectivity index (χ3v) is 5.68. The molecule has 0 spiro atoms. The molecule has 1 N–H and O–H groups in total. The van der Waals surface area contributed by atoms with Gasteiger partial charge in [-0.1, -0.05) is 25.6 Å². The number of nitrogens with zero attached hydrogens (tertiary/aromatic N) is 2. The molecule has 0 saturated heterocycles. The molecule has 0 aliphatic heterocycles. The van der Waals surface area contributed by atoms with Crippen LogP contribution in [0.1, 0.15) is 46.5 Å². The molecule has 0 amide bonds. The van der Waals surface area contributed by atoms with Crippen molar-refractivity contribution in [3.8, 4) is 0 Å². The van der Waals surface area contributed by atoms with Crippen molar-refractivity contribution in [3.63, 3.8) is 0 Å². The highest BCUT2D eigenvalue weighted by atomic mass is 79.9. The average Bonchev–Trinajstić information content (AvgIpc) is 2.80. The van der Waals surface area contributed by atoms with Crippen molar-refractivity contribution >= 4 is 45.0 Å². The maximum absolute atomic E-state index is 11.4. The first-order valence-electron chi connectivity index (χ1n) is 6.36. The van der Waals surface area contributed by atoms with Crippen LogP contribution in [0, 0.1) is 6.92 Å². The third-order valence-electron chi connectivity index (χ3n) is 2.78. The van der Waals surface area contributed by atoms with E-state index in [1.165, 1.54) is 16.6 Å². The van der Waals surface area contributed by atoms with Gasteiger partial charge in [-0.15, -0.1) is 11.3 Å². The number of rotatable bonds is 5. The number of halogens is 1. The number of carboxylic acids is 1. The van der Waals surface area contributed by atoms with Gasteiger partial charge in [-0.2, -0.15) is 0 Å². The Balaban J connectivity index is 2.32. The Kier molecular flexibility index (Phi) is 5.40. The van der Waals surface area contributed by atoms with Crippen LogP contribution in [0.15, 0.2) is 20.9 Å². The van der Waals surface area contributed by atoms with Gasteiger partial charge in [-0.05, 0) is 28.9 Å². The van der Waals surface area contributed by atoms with Crippen molar-refractivity contribution in [1.82, 2.24) is 9.97 Å². The second kappa shape index (κ2) is 6.89. The molecule has 4 nitrogen and oxygen atoms in total. The van der Waals surface area contributed by atoms with Crippen LogP contribution in [0.5, 0.6) is 0 Å². The van der Waals surface area contributed by atoms with E-state index in [0.717, 1.165) is 4.47 Å². The van der Waals surface area contributed by atoms with Crippen molar-refractivity contribution in [2.24, 2.45) is 0 Å². The number of hydrogen-bond acceptors (Lipinski definition) is 5. The lowest BCUT2D eigenvalue weighted by Gasteiger charge is -2.11. The Morgan fingerprint density at radius 3 is 2.71 bits per heavy atom. The number of carbonyl (C=O) groups is 1. The summed E-state index contributed by atoms with van der Waals surface area (Å²) in [5.74, 6) is 0.580. The molecule has 0 aliphatic rings. The SMILES string of the molecule is Cc1nc(C(C)C)nc(SCc2cc(Br)cs2)c1C(=O)O. The second-order valence-corrected chi connectivity index (χ2v) is 7.70. The fraction of sp³-hybridized carbons (Fsp3) is 0.357. The Hall–Kier alpha value is -0.920. The fourth-order valence-electron chi connectivity index (χ4n) is 1.75. The van der Waals surface area contributed by atoms with Gasteiger partial charge in [-0.3, -0.25) is 0 Å². The topological polar surface area (TPSA) is 63.1 Å². The zero-order valence-corrected chi connectivity index (χ0v) is 15.1. The lowest BCUT2D eigenvalue weighted by Crippen LogP contribution is -2.10. The van der Waals surface area contributed by atoms with Gasteiger partial charge in [0.1, 0.15) is 16.4 Å². The van der Waals surface area contributed by atoms with Gasteiger partial charge in [0.2, 0.25) is 0 Å². The number of thiophene rings is 1. The zero-order valence-electron chi connectivity index (χ0n) is 11.9. The van der Waals surface area contributed by atoms with Crippen molar-refractivity contribution in [3.05, 3.63) is 37.9 Å². The molecule has 0 saturated carbocycles. The van der Waals surface area contributed by atoms with E-state index in [1.807, 2.05) is 25.3 Å². The van der Waals surface area contributed by atoms with Gasteiger partial charge in [-0.25, -0.2) is 14.8 Å². The summed E-state index contributed by atoms with van der Waals surface area (Å²) in [6.45, 7) is 5.73. The van der Waals surface area contributed by atoms with E-state index in [1.54, 1.807) is 18.3 Å². The Labute approximate surface area is 140 Å². The molecule has 2 aromatic rings. The predicted octanol–water partition coefficient (Wildman–Crippen LogP) is 4.72. The quantitative estimate of drug-likeness (QED) is 0.594. The molecule has 0 atom stereocenters. The fourth-order valence-corrected chi connectivity index (χ4v) is 4.33. The lowest BCUT2D eigenvalue weighted by atomic mass is 10.2. The van der Waals surface area contributed by atoms with Crippen LogP contribution in [0.4, 0.5) is 0 Å². The maximum Gasteiger partial charge on any atom is 0.340 e. The van der Waals surface area contributed by atoms with Crippen molar-refractivity contribution in [2.45, 2.75) is 37.5 Å². The van der Waals surface area contributed by atoms with E-state index >= 15 is 0 Å². The average molecular weight is 387 g/mol. The molecule has 0 aromatic carbocycles. The molecule has 2 rings (SSSR count). The third kappa shape index (κ3) is 4.05. The summed E-state index contributed by atoms with van der Waals surface area (Å²) in [5.41, 5.74) is 0.732. The minimum absolute atomic E-state index is 0.168. The van der Waals surface area contributed by atoms with Crippen LogP contribution >= 0.6 is 39.0 Å². The van der Waals surface area contributed by atoms with Gasteiger partial charge in [0.25, 0.3) is 0 Å². The predicted molar refractivity (Wildman–Crippen MR) is 89.4 cm³/mol. The first-order chi connectivity index (χ1) is 9.88. The monoisotopic (exact) mass is 386 g/mol. The van der Waals surface area contributed by atoms with E-state index in [-0.39, 0.29) is 11.5 Å². The smallest absolute Gasteiger partial charge is 0.340 e. The summed E-state index contributed by atoms with van der Waals surface area (Å²) in [5, 5.41) is 11.9. The van der Waals surface area contributed by atoms with E-state index < -0.39 is 5.97 Å². The standard InChI is InChI=1S/C14H15BrN2O2S2/c1-7(2)12-16-8(3)11(14(18)19)13(17-12)21-6-10-4-9(15)5-20-10/h4-5,7H,6H2,1-3H3,(H,18,19). The van der Waals surface area contributed by atoms with Crippen molar-refractivity contribution in [1.29, 1.82) is 0 Å². The summed E-state index contributed by atoms with van der Waals surface area (Å²) in [6.07, 6.45) is 0. The highest BCUT2D eigenvalue weighted by molar-refractivity contribution is 9.10. The van der Waals surface area contributed by atoms with Gasteiger partial charge >= 0.3 is 5.97 Å². The number of hydrogen-bond donors (Lipinski definition) is 1. The van der Waals surface area contributed by atoms with Crippen molar-refractivity contribution < 1.29 is 9.90 Å². The molecule has 2 heterocycles. The number of aryl methyl sites for hydroxylation is 1. The summed E-state index contributed by atoms with van der Waals surface area (Å²) in [4.78, 5) is 21.4. The highest BCUT2D eigenvalue weighted by Crippen LogP contribution is 2.30. The lowest BCUT2D eigenvalue weighted by molar-refractivity contribution is 0.0690. The van der Waals surface area contributed by atoms with E-state index in [4.69, 9.17) is 0 Å². The Bertz CT molecular complexity index is 671. The van der Waals surface area contributed by atoms with E-state index in [0.29, 0.717) is 22.3 Å². The van der Waals surface area contributed by atoms with E-state index in [9.17, 15) is 9.90 Å². The van der Waals surface area contributed by atoms with Crippen LogP contribution in [0.3, 0.4) is 0 Å². The molecule has 2 aromatic heterocycles. The number of aromatic nitrogens is 2. The molecule has 0 bridgehead atoms. The second-order valence-electron chi connectivity index (χ2n) is 4.83. The molecule has 0 fully saturated rings. The summed E-state index contributed by atoms with van der Waals surface area (Å²) >= 11 is 6.50.